The van der Waals surface area contributed by atoms with Crippen LogP contribution in [-0.4, -0.2) is 213 Å². The predicted molar refractivity (Wildman–Crippen MR) is 252 cm³/mol. The van der Waals surface area contributed by atoms with Crippen molar-refractivity contribution in [2.75, 3.05) is 13.2 Å². The molecule has 74 heavy (non-hydrogen) atoms. The highest BCUT2D eigenvalue weighted by Gasteiger charge is 2.58. The smallest absolute Gasteiger partial charge is 0.311 e. The SMILES string of the molecule is CCC(C)C(=O)O[C@@H]1[C@@H]2O[C@H]3[C@H](O[C@H]4[C@@H](OCCCCCCCCCCC(=O)O[C@@H]1[C@@H](O[C@@H]1O[C@H](C)[C@@H](OC(=O)C(C)C(C)O)[C@H](O)[C@H]1O)[C@H](C)O2)O[C@H](C)[C@@H](O)[C@@H]4O)O[C@H](COC(=O)C(C)C(C)O)[C@@H](O)[C@@H]3O. The van der Waals surface area contributed by atoms with Gasteiger partial charge in [0.1, 0.15) is 67.6 Å². The van der Waals surface area contributed by atoms with Crippen LogP contribution in [0.4, 0.5) is 0 Å². The van der Waals surface area contributed by atoms with E-state index in [9.17, 15) is 60.0 Å². The molecule has 0 aromatic heterocycles. The third kappa shape index (κ3) is 15.9. The van der Waals surface area contributed by atoms with Gasteiger partial charge in [0.05, 0.1) is 48.3 Å². The molecule has 5 rings (SSSR count). The quantitative estimate of drug-likeness (QED) is 0.0954. The Morgan fingerprint density at radius 3 is 1.73 bits per heavy atom. The number of carbonyl (C=O) groups excluding carboxylic acids is 4. The Balaban J connectivity index is 1.55. The van der Waals surface area contributed by atoms with Crippen LogP contribution in [0.25, 0.3) is 0 Å². The average molecular weight is 1070 g/mol. The zero-order chi connectivity index (χ0) is 54.7. The molecule has 0 saturated carbocycles. The van der Waals surface area contributed by atoms with Crippen LogP contribution in [0.2, 0.25) is 0 Å². The van der Waals surface area contributed by atoms with Gasteiger partial charge in [-0.25, -0.2) is 0 Å². The molecule has 25 atom stereocenters. The maximum atomic E-state index is 14.0. The summed E-state index contributed by atoms with van der Waals surface area (Å²) in [6, 6.07) is 0. The first-order valence-electron chi connectivity index (χ1n) is 26.4. The van der Waals surface area contributed by atoms with Crippen molar-refractivity contribution in [1.29, 1.82) is 0 Å². The molecule has 0 spiro atoms. The van der Waals surface area contributed by atoms with Crippen molar-refractivity contribution in [2.45, 2.75) is 262 Å². The topological polar surface area (TPSA) is 341 Å². The fraction of sp³-hybridized carbons (Fsp3) is 0.920. The molecule has 5 fully saturated rings. The summed E-state index contributed by atoms with van der Waals surface area (Å²) in [4.78, 5) is 53.5. The summed E-state index contributed by atoms with van der Waals surface area (Å²) in [5.74, 6) is -6.02. The summed E-state index contributed by atoms with van der Waals surface area (Å²) in [5.41, 5.74) is 0. The molecule has 5 aliphatic heterocycles. The van der Waals surface area contributed by atoms with E-state index in [1.54, 1.807) is 13.8 Å². The molecular weight excluding hydrogens is 985 g/mol. The Morgan fingerprint density at radius 1 is 0.554 bits per heavy atom. The molecule has 0 aromatic rings. The normalized spacial score (nSPS) is 41.4. The number of rotatable bonds is 12. The lowest BCUT2D eigenvalue weighted by Crippen LogP contribution is -2.68. The minimum Gasteiger partial charge on any atom is -0.463 e. The van der Waals surface area contributed by atoms with E-state index >= 15 is 0 Å². The second-order valence-electron chi connectivity index (χ2n) is 20.6. The van der Waals surface area contributed by atoms with E-state index in [1.807, 2.05) is 0 Å². The zero-order valence-electron chi connectivity index (χ0n) is 44.0. The lowest BCUT2D eigenvalue weighted by molar-refractivity contribution is -0.397. The summed E-state index contributed by atoms with van der Waals surface area (Å²) in [6.45, 7) is 12.8. The maximum Gasteiger partial charge on any atom is 0.311 e. The number of aliphatic hydroxyl groups is 8. The Labute approximate surface area is 432 Å². The fourth-order valence-electron chi connectivity index (χ4n) is 9.04. The van der Waals surface area contributed by atoms with Gasteiger partial charge >= 0.3 is 23.9 Å². The van der Waals surface area contributed by atoms with Gasteiger partial charge < -0.3 is 97.7 Å². The fourth-order valence-corrected chi connectivity index (χ4v) is 9.04. The lowest BCUT2D eigenvalue weighted by Gasteiger charge is -2.50. The van der Waals surface area contributed by atoms with E-state index in [2.05, 4.69) is 0 Å². The van der Waals surface area contributed by atoms with Crippen LogP contribution in [0, 0.1) is 17.8 Å². The lowest BCUT2D eigenvalue weighted by atomic mass is 9.95. The minimum atomic E-state index is -2.03. The second-order valence-corrected chi connectivity index (χ2v) is 20.6. The van der Waals surface area contributed by atoms with Crippen molar-refractivity contribution in [1.82, 2.24) is 0 Å². The van der Waals surface area contributed by atoms with E-state index in [-0.39, 0.29) is 19.4 Å². The van der Waals surface area contributed by atoms with Gasteiger partial charge in [0.25, 0.3) is 0 Å². The first-order valence-corrected chi connectivity index (χ1v) is 26.4. The van der Waals surface area contributed by atoms with Crippen LogP contribution < -0.4 is 0 Å². The molecule has 0 amide bonds. The molecule has 0 aromatic carbocycles. The summed E-state index contributed by atoms with van der Waals surface area (Å²) in [5, 5.41) is 89.0. The average Bonchev–Trinajstić information content (AvgIpc) is 3.36. The molecule has 5 saturated heterocycles. The molecule has 24 nitrogen and oxygen atoms in total. The number of esters is 4. The van der Waals surface area contributed by atoms with Crippen molar-refractivity contribution >= 4 is 23.9 Å². The van der Waals surface area contributed by atoms with Gasteiger partial charge in [0, 0.05) is 13.0 Å². The second kappa shape index (κ2) is 28.7. The monoisotopic (exact) mass is 1070 g/mol. The van der Waals surface area contributed by atoms with Crippen LogP contribution in [0.5, 0.6) is 0 Å². The van der Waals surface area contributed by atoms with Gasteiger partial charge in [-0.3, -0.25) is 19.2 Å². The highest BCUT2D eigenvalue weighted by molar-refractivity contribution is 5.73. The standard InChI is InChI=1S/C50H84O24/c1-10-22(2)44(60)71-43-42-39(72-47-37(59)36(58)38(28(8)66-47)70-46(62)24(4)26(6)52)29(9)67-50(43)74-41-35(57)33(55)30(21-64-45(61)23(3)25(5)51)68-49(41)73-40-34(56)32(54)27(7)65-48(40)63-20-18-16-14-12-11-13-15-17-19-31(53)69-42/h22-30,32-43,47-52,54-59H,10-21H2,1-9H3/t22?,23?,24?,25?,26?,27-,28-,29+,30-,32-,33-,34+,35+,36-,37-,38-,39+,40-,41-,42-,43+,47+,48+,49+,50+/m1/s1. The summed E-state index contributed by atoms with van der Waals surface area (Å²) < 4.78 is 73.0. The maximum absolute atomic E-state index is 14.0. The summed E-state index contributed by atoms with van der Waals surface area (Å²) in [6.07, 6.45) is -28.3. The van der Waals surface area contributed by atoms with Crippen molar-refractivity contribution in [2.24, 2.45) is 17.8 Å². The number of carbonyl (C=O) groups is 4. The molecular formula is C50H84O24. The third-order valence-electron chi connectivity index (χ3n) is 14.7. The Hall–Kier alpha value is -2.76. The van der Waals surface area contributed by atoms with Crippen LogP contribution in [-0.2, 0) is 76.0 Å². The molecule has 5 unspecified atom stereocenters. The first kappa shape index (κ1) is 62.1. The van der Waals surface area contributed by atoms with E-state index < -0.39 is 183 Å². The van der Waals surface area contributed by atoms with E-state index in [1.165, 1.54) is 48.5 Å². The molecule has 8 N–H and O–H groups in total. The molecule has 5 heterocycles. The molecule has 428 valence electrons. The van der Waals surface area contributed by atoms with Crippen LogP contribution >= 0.6 is 0 Å². The Morgan fingerprint density at radius 2 is 1.09 bits per heavy atom. The van der Waals surface area contributed by atoms with Crippen molar-refractivity contribution in [3.63, 3.8) is 0 Å². The Kier molecular flexibility index (Phi) is 24.1. The highest BCUT2D eigenvalue weighted by atomic mass is 16.8. The zero-order valence-corrected chi connectivity index (χ0v) is 44.0. The van der Waals surface area contributed by atoms with Crippen LogP contribution in [0.15, 0.2) is 0 Å². The van der Waals surface area contributed by atoms with Gasteiger partial charge in [-0.1, -0.05) is 52.4 Å². The van der Waals surface area contributed by atoms with Gasteiger partial charge in [-0.05, 0) is 67.7 Å². The number of aliphatic hydroxyl groups excluding tert-OH is 8. The molecule has 2 bridgehead atoms. The minimum absolute atomic E-state index is 0.0831. The number of hydrogen-bond acceptors (Lipinski definition) is 24. The summed E-state index contributed by atoms with van der Waals surface area (Å²) >= 11 is 0. The number of hydrogen-bond donors (Lipinski definition) is 8. The van der Waals surface area contributed by atoms with Crippen molar-refractivity contribution in [3.8, 4) is 0 Å². The molecule has 24 heteroatoms. The summed E-state index contributed by atoms with van der Waals surface area (Å²) in [7, 11) is 0. The highest BCUT2D eigenvalue weighted by Crippen LogP contribution is 2.38. The Bertz CT molecular complexity index is 1760. The van der Waals surface area contributed by atoms with Gasteiger partial charge in [-0.2, -0.15) is 0 Å². The van der Waals surface area contributed by atoms with E-state index in [4.69, 9.17) is 56.8 Å². The van der Waals surface area contributed by atoms with E-state index in [0.29, 0.717) is 19.3 Å². The van der Waals surface area contributed by atoms with Gasteiger partial charge in [0.15, 0.2) is 43.5 Å². The van der Waals surface area contributed by atoms with Gasteiger partial charge in [0.2, 0.25) is 0 Å². The number of ether oxygens (including phenoxy) is 12. The van der Waals surface area contributed by atoms with Gasteiger partial charge in [-0.15, -0.1) is 0 Å². The van der Waals surface area contributed by atoms with Crippen LogP contribution in [0.3, 0.4) is 0 Å². The third-order valence-corrected chi connectivity index (χ3v) is 14.7. The first-order chi connectivity index (χ1) is 35.0. The molecule has 0 aliphatic carbocycles. The largest absolute Gasteiger partial charge is 0.463 e. The van der Waals surface area contributed by atoms with Crippen LogP contribution in [0.1, 0.15) is 127 Å². The van der Waals surface area contributed by atoms with Crippen molar-refractivity contribution < 1.29 is 117 Å². The van der Waals surface area contributed by atoms with E-state index in [0.717, 1.165) is 32.1 Å². The molecule has 5 aliphatic rings. The molecule has 0 radical (unpaired) electrons. The predicted octanol–water partition coefficient (Wildman–Crippen LogP) is 0.166. The number of fused-ring (bicyclic) bond motifs is 4. The van der Waals surface area contributed by atoms with Crippen molar-refractivity contribution in [3.05, 3.63) is 0 Å².